The molecular weight excluding hydrogens is 144 g/mol. The van der Waals surface area contributed by atoms with E-state index in [2.05, 4.69) is 25.8 Å². The minimum atomic E-state index is 0.139. The van der Waals surface area contributed by atoms with Crippen LogP contribution in [-0.4, -0.2) is 0 Å². The van der Waals surface area contributed by atoms with E-state index in [9.17, 15) is 0 Å². The molecule has 1 rings (SSSR count). The summed E-state index contributed by atoms with van der Waals surface area (Å²) in [5, 5.41) is 0. The van der Waals surface area contributed by atoms with Gasteiger partial charge in [-0.3, -0.25) is 0 Å². The molecule has 1 atom stereocenters. The molecule has 0 spiro atoms. The maximum Gasteiger partial charge on any atom is 0.0118 e. The van der Waals surface area contributed by atoms with Crippen molar-refractivity contribution in [2.75, 3.05) is 0 Å². The molecule has 1 aliphatic carbocycles. The van der Waals surface area contributed by atoms with Crippen LogP contribution >= 0.6 is 0 Å². The van der Waals surface area contributed by atoms with Crippen LogP contribution in [0.5, 0.6) is 0 Å². The van der Waals surface area contributed by atoms with Gasteiger partial charge in [0.2, 0.25) is 0 Å². The predicted octanol–water partition coefficient (Wildman–Crippen LogP) is 3.72. The Bertz CT molecular complexity index is 180. The van der Waals surface area contributed by atoms with E-state index in [1.807, 2.05) is 12.2 Å². The van der Waals surface area contributed by atoms with Gasteiger partial charge in [0.1, 0.15) is 0 Å². The van der Waals surface area contributed by atoms with Crippen LogP contribution in [0.1, 0.15) is 25.7 Å². The van der Waals surface area contributed by atoms with Crippen molar-refractivity contribution in [2.24, 2.45) is 11.3 Å². The van der Waals surface area contributed by atoms with Crippen molar-refractivity contribution < 1.29 is 0 Å². The molecule has 0 aliphatic heterocycles. The summed E-state index contributed by atoms with van der Waals surface area (Å²) in [7, 11) is 0. The second-order valence-corrected chi connectivity index (χ2v) is 3.61. The summed E-state index contributed by atoms with van der Waals surface area (Å²) in [5.74, 6) is 0.557. The summed E-state index contributed by atoms with van der Waals surface area (Å²) >= 11 is 0. The molecule has 1 saturated carbocycles. The summed E-state index contributed by atoms with van der Waals surface area (Å²) in [4.78, 5) is 0. The molecule has 0 heteroatoms. The Morgan fingerprint density at radius 3 is 2.17 bits per heavy atom. The molecule has 0 radical (unpaired) electrons. The van der Waals surface area contributed by atoms with E-state index in [1.165, 1.54) is 25.7 Å². The zero-order chi connectivity index (χ0) is 9.03. The van der Waals surface area contributed by atoms with Gasteiger partial charge in [-0.15, -0.1) is 19.7 Å². The Kier molecular flexibility index (Phi) is 2.91. The summed E-state index contributed by atoms with van der Waals surface area (Å²) in [6, 6.07) is 0. The van der Waals surface area contributed by atoms with Gasteiger partial charge in [-0.2, -0.15) is 0 Å². The summed E-state index contributed by atoms with van der Waals surface area (Å²) < 4.78 is 0. The van der Waals surface area contributed by atoms with Gasteiger partial charge < -0.3 is 0 Å². The van der Waals surface area contributed by atoms with E-state index in [0.29, 0.717) is 5.92 Å². The van der Waals surface area contributed by atoms with Gasteiger partial charge in [0.25, 0.3) is 0 Å². The molecule has 0 N–H and O–H groups in total. The third-order valence-electron chi connectivity index (χ3n) is 3.11. The second kappa shape index (κ2) is 3.75. The summed E-state index contributed by atoms with van der Waals surface area (Å²) in [6.45, 7) is 11.7. The molecule has 0 nitrogen and oxygen atoms in total. The highest BCUT2D eigenvalue weighted by Gasteiger charge is 2.33. The first-order chi connectivity index (χ1) is 5.79. The van der Waals surface area contributed by atoms with Crippen LogP contribution in [0, 0.1) is 11.3 Å². The molecule has 1 fully saturated rings. The Hall–Kier alpha value is -0.780. The Morgan fingerprint density at radius 2 is 1.75 bits per heavy atom. The molecule has 0 bridgehead atoms. The SMILES string of the molecule is C=CC1CCCCC1(C=C)C=C. The standard InChI is InChI=1S/C12H18/c1-4-11-9-7-8-10-12(11,5-2)6-3/h4-6,11H,1-3,7-10H2. The zero-order valence-electron chi connectivity index (χ0n) is 7.76. The van der Waals surface area contributed by atoms with Crippen molar-refractivity contribution in [3.05, 3.63) is 38.0 Å². The van der Waals surface area contributed by atoms with Crippen molar-refractivity contribution in [2.45, 2.75) is 25.7 Å². The first-order valence-corrected chi connectivity index (χ1v) is 4.69. The lowest BCUT2D eigenvalue weighted by molar-refractivity contribution is 0.252. The third kappa shape index (κ3) is 1.38. The van der Waals surface area contributed by atoms with Gasteiger partial charge in [0, 0.05) is 5.41 Å². The average molecular weight is 162 g/mol. The van der Waals surface area contributed by atoms with Gasteiger partial charge in [0.15, 0.2) is 0 Å². The molecule has 66 valence electrons. The molecule has 0 saturated heterocycles. The number of hydrogen-bond acceptors (Lipinski definition) is 0. The van der Waals surface area contributed by atoms with Crippen molar-refractivity contribution in [3.8, 4) is 0 Å². The van der Waals surface area contributed by atoms with Crippen molar-refractivity contribution in [1.82, 2.24) is 0 Å². The molecule has 1 unspecified atom stereocenters. The number of allylic oxidation sites excluding steroid dienone is 3. The lowest BCUT2D eigenvalue weighted by Gasteiger charge is -2.38. The predicted molar refractivity (Wildman–Crippen MR) is 55.0 cm³/mol. The second-order valence-electron chi connectivity index (χ2n) is 3.61. The number of hydrogen-bond donors (Lipinski definition) is 0. The normalized spacial score (nSPS) is 27.5. The van der Waals surface area contributed by atoms with Crippen LogP contribution < -0.4 is 0 Å². The van der Waals surface area contributed by atoms with Crippen LogP contribution in [0.3, 0.4) is 0 Å². The zero-order valence-corrected chi connectivity index (χ0v) is 7.76. The quantitative estimate of drug-likeness (QED) is 0.555. The van der Waals surface area contributed by atoms with Crippen molar-refractivity contribution >= 4 is 0 Å². The molecule has 0 aromatic carbocycles. The molecule has 0 aromatic rings. The smallest absolute Gasteiger partial charge is 0.0118 e. The fourth-order valence-electron chi connectivity index (χ4n) is 2.18. The van der Waals surface area contributed by atoms with Gasteiger partial charge >= 0.3 is 0 Å². The topological polar surface area (TPSA) is 0 Å². The maximum absolute atomic E-state index is 3.91. The Labute approximate surface area is 75.7 Å². The molecular formula is C12H18. The molecule has 1 aliphatic rings. The van der Waals surface area contributed by atoms with Crippen LogP contribution in [-0.2, 0) is 0 Å². The largest absolute Gasteiger partial charge is 0.103 e. The van der Waals surface area contributed by atoms with Gasteiger partial charge in [-0.05, 0) is 18.8 Å². The minimum absolute atomic E-state index is 0.139. The maximum atomic E-state index is 3.91. The summed E-state index contributed by atoms with van der Waals surface area (Å²) in [5.41, 5.74) is 0.139. The highest BCUT2D eigenvalue weighted by Crippen LogP contribution is 2.43. The highest BCUT2D eigenvalue weighted by molar-refractivity contribution is 5.14. The van der Waals surface area contributed by atoms with Gasteiger partial charge in [-0.25, -0.2) is 0 Å². The van der Waals surface area contributed by atoms with Crippen LogP contribution in [0.4, 0.5) is 0 Å². The van der Waals surface area contributed by atoms with E-state index < -0.39 is 0 Å². The average Bonchev–Trinajstić information content (AvgIpc) is 2.17. The molecule has 0 heterocycles. The highest BCUT2D eigenvalue weighted by atomic mass is 14.4. The van der Waals surface area contributed by atoms with E-state index >= 15 is 0 Å². The van der Waals surface area contributed by atoms with Gasteiger partial charge in [0.05, 0.1) is 0 Å². The van der Waals surface area contributed by atoms with Crippen LogP contribution in [0.25, 0.3) is 0 Å². The Balaban J connectivity index is 2.86. The van der Waals surface area contributed by atoms with E-state index in [0.717, 1.165) is 0 Å². The lowest BCUT2D eigenvalue weighted by Crippen LogP contribution is -2.28. The minimum Gasteiger partial charge on any atom is -0.103 e. The fourth-order valence-corrected chi connectivity index (χ4v) is 2.18. The fraction of sp³-hybridized carbons (Fsp3) is 0.500. The number of rotatable bonds is 3. The van der Waals surface area contributed by atoms with Crippen molar-refractivity contribution in [1.29, 1.82) is 0 Å². The first-order valence-electron chi connectivity index (χ1n) is 4.69. The molecule has 12 heavy (non-hydrogen) atoms. The lowest BCUT2D eigenvalue weighted by atomic mass is 9.66. The first kappa shape index (κ1) is 9.31. The molecule has 0 aromatic heterocycles. The monoisotopic (exact) mass is 162 g/mol. The molecule has 0 amide bonds. The van der Waals surface area contributed by atoms with Crippen molar-refractivity contribution in [3.63, 3.8) is 0 Å². The van der Waals surface area contributed by atoms with Crippen LogP contribution in [0.2, 0.25) is 0 Å². The summed E-state index contributed by atoms with van der Waals surface area (Å²) in [6.07, 6.45) is 11.2. The van der Waals surface area contributed by atoms with E-state index in [4.69, 9.17) is 0 Å². The van der Waals surface area contributed by atoms with E-state index in [-0.39, 0.29) is 5.41 Å². The third-order valence-corrected chi connectivity index (χ3v) is 3.11. The Morgan fingerprint density at radius 1 is 1.08 bits per heavy atom. The van der Waals surface area contributed by atoms with Crippen LogP contribution in [0.15, 0.2) is 38.0 Å². The van der Waals surface area contributed by atoms with Gasteiger partial charge in [-0.1, -0.05) is 31.1 Å². The van der Waals surface area contributed by atoms with E-state index in [1.54, 1.807) is 0 Å².